The largest absolute Gasteiger partial charge is 0.384 e. The van der Waals surface area contributed by atoms with Crippen molar-refractivity contribution in [1.82, 2.24) is 15.5 Å². The van der Waals surface area contributed by atoms with Crippen LogP contribution in [0.15, 0.2) is 34.9 Å². The standard InChI is InChI=1S/C16H21N3O3/c1-3-7-14-18-16(19-22-14)15(12-8-5-4-6-9-12)17-13(20)10-11-21-2/h4-6,8-9,15H,3,7,10-11H2,1-2H3,(H,17,20)/t15-/m0/s1. The molecule has 1 amide bonds. The fourth-order valence-electron chi connectivity index (χ4n) is 2.07. The number of rotatable bonds is 8. The molecule has 0 saturated heterocycles. The van der Waals surface area contributed by atoms with E-state index in [4.69, 9.17) is 9.26 Å². The molecule has 118 valence electrons. The van der Waals surface area contributed by atoms with Crippen LogP contribution in [0.4, 0.5) is 0 Å². The van der Waals surface area contributed by atoms with Crippen LogP contribution in [0.3, 0.4) is 0 Å². The molecule has 2 rings (SSSR count). The molecular formula is C16H21N3O3. The van der Waals surface area contributed by atoms with Gasteiger partial charge in [0.15, 0.2) is 5.82 Å². The summed E-state index contributed by atoms with van der Waals surface area (Å²) in [6, 6.07) is 9.19. The van der Waals surface area contributed by atoms with Crippen molar-refractivity contribution in [3.8, 4) is 0 Å². The van der Waals surface area contributed by atoms with Crippen molar-refractivity contribution in [2.45, 2.75) is 32.2 Å². The van der Waals surface area contributed by atoms with E-state index in [1.165, 1.54) is 0 Å². The molecule has 1 aromatic carbocycles. The van der Waals surface area contributed by atoms with Gasteiger partial charge in [0.25, 0.3) is 0 Å². The number of aromatic nitrogens is 2. The van der Waals surface area contributed by atoms with Crippen LogP contribution in [-0.2, 0) is 16.0 Å². The predicted molar refractivity (Wildman–Crippen MR) is 81.2 cm³/mol. The van der Waals surface area contributed by atoms with Gasteiger partial charge in [0.05, 0.1) is 6.61 Å². The number of nitrogens with one attached hydrogen (secondary N) is 1. The second-order valence-electron chi connectivity index (χ2n) is 4.95. The average Bonchev–Trinajstić information content (AvgIpc) is 3.00. The SMILES string of the molecule is CCCc1nc([C@@H](NC(=O)CCOC)c2ccccc2)no1. The molecule has 0 radical (unpaired) electrons. The third-order valence-electron chi connectivity index (χ3n) is 3.18. The highest BCUT2D eigenvalue weighted by atomic mass is 16.5. The maximum atomic E-state index is 12.0. The molecular weight excluding hydrogens is 282 g/mol. The fraction of sp³-hybridized carbons (Fsp3) is 0.438. The van der Waals surface area contributed by atoms with Gasteiger partial charge in [-0.1, -0.05) is 42.4 Å². The summed E-state index contributed by atoms with van der Waals surface area (Å²) in [5.74, 6) is 0.947. The van der Waals surface area contributed by atoms with Gasteiger partial charge in [-0.05, 0) is 12.0 Å². The molecule has 0 aliphatic carbocycles. The van der Waals surface area contributed by atoms with E-state index in [9.17, 15) is 4.79 Å². The number of aryl methyl sites for hydroxylation is 1. The number of hydrogen-bond donors (Lipinski definition) is 1. The Morgan fingerprint density at radius 2 is 2.14 bits per heavy atom. The third kappa shape index (κ3) is 4.39. The van der Waals surface area contributed by atoms with Gasteiger partial charge >= 0.3 is 0 Å². The number of amides is 1. The second kappa shape index (κ2) is 8.29. The Balaban J connectivity index is 2.19. The number of ether oxygens (including phenoxy) is 1. The van der Waals surface area contributed by atoms with Gasteiger partial charge in [-0.3, -0.25) is 4.79 Å². The Bertz CT molecular complexity index is 583. The molecule has 0 fully saturated rings. The summed E-state index contributed by atoms with van der Waals surface area (Å²) in [6.07, 6.45) is 1.95. The maximum Gasteiger partial charge on any atom is 0.226 e. The first-order valence-corrected chi connectivity index (χ1v) is 7.40. The predicted octanol–water partition coefficient (Wildman–Crippen LogP) is 2.26. The van der Waals surface area contributed by atoms with E-state index < -0.39 is 6.04 Å². The first-order valence-electron chi connectivity index (χ1n) is 7.40. The van der Waals surface area contributed by atoms with Crippen LogP contribution < -0.4 is 5.32 Å². The highest BCUT2D eigenvalue weighted by Gasteiger charge is 2.22. The summed E-state index contributed by atoms with van der Waals surface area (Å²) in [6.45, 7) is 2.42. The van der Waals surface area contributed by atoms with Crippen LogP contribution in [0, 0.1) is 0 Å². The van der Waals surface area contributed by atoms with Gasteiger partial charge in [0, 0.05) is 20.0 Å². The van der Waals surface area contributed by atoms with Crippen LogP contribution in [0.25, 0.3) is 0 Å². The lowest BCUT2D eigenvalue weighted by Gasteiger charge is -2.15. The van der Waals surface area contributed by atoms with Gasteiger partial charge in [0.1, 0.15) is 6.04 Å². The van der Waals surface area contributed by atoms with Gasteiger partial charge in [-0.2, -0.15) is 4.98 Å². The van der Waals surface area contributed by atoms with Gasteiger partial charge < -0.3 is 14.6 Å². The molecule has 0 aliphatic rings. The molecule has 6 nitrogen and oxygen atoms in total. The molecule has 1 atom stereocenters. The zero-order valence-corrected chi connectivity index (χ0v) is 12.9. The first kappa shape index (κ1) is 16.2. The van der Waals surface area contributed by atoms with Crippen molar-refractivity contribution in [2.24, 2.45) is 0 Å². The maximum absolute atomic E-state index is 12.0. The molecule has 6 heteroatoms. The van der Waals surface area contributed by atoms with Crippen molar-refractivity contribution in [1.29, 1.82) is 0 Å². The number of carbonyl (C=O) groups is 1. The normalized spacial score (nSPS) is 12.1. The van der Waals surface area contributed by atoms with Crippen molar-refractivity contribution < 1.29 is 14.1 Å². The van der Waals surface area contributed by atoms with Crippen LogP contribution in [0.1, 0.15) is 43.1 Å². The average molecular weight is 303 g/mol. The Kier molecular flexibility index (Phi) is 6.09. The molecule has 0 saturated carbocycles. The lowest BCUT2D eigenvalue weighted by Crippen LogP contribution is -2.30. The Morgan fingerprint density at radius 3 is 2.82 bits per heavy atom. The zero-order valence-electron chi connectivity index (χ0n) is 12.9. The van der Waals surface area contributed by atoms with Crippen LogP contribution >= 0.6 is 0 Å². The second-order valence-corrected chi connectivity index (χ2v) is 4.95. The molecule has 1 aromatic heterocycles. The smallest absolute Gasteiger partial charge is 0.226 e. The number of benzene rings is 1. The first-order chi connectivity index (χ1) is 10.7. The van der Waals surface area contributed by atoms with Crippen molar-refractivity contribution in [3.63, 3.8) is 0 Å². The number of nitrogens with zero attached hydrogens (tertiary/aromatic N) is 2. The summed E-state index contributed by atoms with van der Waals surface area (Å²) in [5, 5.41) is 6.95. The quantitative estimate of drug-likeness (QED) is 0.809. The molecule has 0 spiro atoms. The number of hydrogen-bond acceptors (Lipinski definition) is 5. The van der Waals surface area contributed by atoms with Crippen molar-refractivity contribution in [2.75, 3.05) is 13.7 Å². The van der Waals surface area contributed by atoms with E-state index in [2.05, 4.69) is 15.5 Å². The highest BCUT2D eigenvalue weighted by Crippen LogP contribution is 2.20. The summed E-state index contributed by atoms with van der Waals surface area (Å²) >= 11 is 0. The van der Waals surface area contributed by atoms with Gasteiger partial charge in [0.2, 0.25) is 11.8 Å². The molecule has 1 N–H and O–H groups in total. The molecule has 1 heterocycles. The van der Waals surface area contributed by atoms with E-state index in [1.54, 1.807) is 7.11 Å². The van der Waals surface area contributed by atoms with Crippen LogP contribution in [-0.4, -0.2) is 29.8 Å². The monoisotopic (exact) mass is 303 g/mol. The van der Waals surface area contributed by atoms with Crippen molar-refractivity contribution >= 4 is 5.91 Å². The lowest BCUT2D eigenvalue weighted by atomic mass is 10.1. The molecule has 2 aromatic rings. The third-order valence-corrected chi connectivity index (χ3v) is 3.18. The molecule has 22 heavy (non-hydrogen) atoms. The summed E-state index contributed by atoms with van der Waals surface area (Å²) in [7, 11) is 1.57. The van der Waals surface area contributed by atoms with Crippen molar-refractivity contribution in [3.05, 3.63) is 47.6 Å². The zero-order chi connectivity index (χ0) is 15.8. The van der Waals surface area contributed by atoms with E-state index in [-0.39, 0.29) is 5.91 Å². The van der Waals surface area contributed by atoms with E-state index in [1.807, 2.05) is 37.3 Å². The Hall–Kier alpha value is -2.21. The lowest BCUT2D eigenvalue weighted by molar-refractivity contribution is -0.122. The molecule has 0 unspecified atom stereocenters. The van der Waals surface area contributed by atoms with E-state index >= 15 is 0 Å². The van der Waals surface area contributed by atoms with Gasteiger partial charge in [-0.25, -0.2) is 0 Å². The van der Waals surface area contributed by atoms with E-state index in [0.717, 1.165) is 18.4 Å². The Labute approximate surface area is 129 Å². The summed E-state index contributed by atoms with van der Waals surface area (Å²) in [4.78, 5) is 16.4. The summed E-state index contributed by atoms with van der Waals surface area (Å²) < 4.78 is 10.2. The molecule has 0 bridgehead atoms. The summed E-state index contributed by atoms with van der Waals surface area (Å²) in [5.41, 5.74) is 0.914. The van der Waals surface area contributed by atoms with Crippen LogP contribution in [0.5, 0.6) is 0 Å². The fourth-order valence-corrected chi connectivity index (χ4v) is 2.07. The topological polar surface area (TPSA) is 77.2 Å². The van der Waals surface area contributed by atoms with Gasteiger partial charge in [-0.15, -0.1) is 0 Å². The van der Waals surface area contributed by atoms with E-state index in [0.29, 0.717) is 24.7 Å². The van der Waals surface area contributed by atoms with Crippen LogP contribution in [0.2, 0.25) is 0 Å². The number of methoxy groups -OCH3 is 1. The highest BCUT2D eigenvalue weighted by molar-refractivity contribution is 5.76. The minimum Gasteiger partial charge on any atom is -0.384 e. The minimum absolute atomic E-state index is 0.113. The molecule has 0 aliphatic heterocycles. The Morgan fingerprint density at radius 1 is 1.36 bits per heavy atom. The minimum atomic E-state index is -0.417. The number of carbonyl (C=O) groups excluding carboxylic acids is 1.